The van der Waals surface area contributed by atoms with Crippen molar-refractivity contribution in [3.8, 4) is 0 Å². The highest BCUT2D eigenvalue weighted by molar-refractivity contribution is 6.30. The molecule has 0 aliphatic heterocycles. The number of hydrogen-bond acceptors (Lipinski definition) is 4. The summed E-state index contributed by atoms with van der Waals surface area (Å²) in [4.78, 5) is 21.6. The van der Waals surface area contributed by atoms with E-state index in [1.54, 1.807) is 42.5 Å². The molecule has 6 heteroatoms. The van der Waals surface area contributed by atoms with Crippen LogP contribution in [0, 0.1) is 10.1 Å². The Morgan fingerprint density at radius 3 is 2.36 bits per heavy atom. The third kappa shape index (κ3) is 4.71. The van der Waals surface area contributed by atoms with E-state index >= 15 is 0 Å². The summed E-state index contributed by atoms with van der Waals surface area (Å²) in [7, 11) is 0. The van der Waals surface area contributed by atoms with E-state index < -0.39 is 10.9 Å². The van der Waals surface area contributed by atoms with Gasteiger partial charge in [-0.3, -0.25) is 10.1 Å². The van der Waals surface area contributed by atoms with Crippen LogP contribution >= 0.6 is 11.6 Å². The van der Waals surface area contributed by atoms with Crippen molar-refractivity contribution in [3.05, 3.63) is 80.9 Å². The van der Waals surface area contributed by atoms with E-state index in [0.717, 1.165) is 5.56 Å². The van der Waals surface area contributed by atoms with Gasteiger partial charge in [0.05, 0.1) is 4.92 Å². The molecule has 112 valence electrons. The molecule has 0 N–H and O–H groups in total. The van der Waals surface area contributed by atoms with Crippen molar-refractivity contribution in [2.24, 2.45) is 0 Å². The second-order valence-electron chi connectivity index (χ2n) is 4.42. The molecule has 2 aromatic carbocycles. The lowest BCUT2D eigenvalue weighted by Gasteiger charge is -2.02. The molecule has 0 amide bonds. The maximum atomic E-state index is 11.6. The van der Waals surface area contributed by atoms with Gasteiger partial charge in [-0.15, -0.1) is 0 Å². The van der Waals surface area contributed by atoms with Gasteiger partial charge in [-0.1, -0.05) is 23.7 Å². The third-order valence-electron chi connectivity index (χ3n) is 2.81. The quantitative estimate of drug-likeness (QED) is 0.361. The molecular formula is C16H12ClNO4. The van der Waals surface area contributed by atoms with Crippen LogP contribution in [0.15, 0.2) is 54.6 Å². The first-order valence-corrected chi connectivity index (χ1v) is 6.76. The zero-order valence-corrected chi connectivity index (χ0v) is 12.2. The molecule has 0 saturated carbocycles. The third-order valence-corrected chi connectivity index (χ3v) is 3.06. The number of nitrogens with zero attached hydrogens (tertiary/aromatic N) is 1. The summed E-state index contributed by atoms with van der Waals surface area (Å²) >= 11 is 5.76. The van der Waals surface area contributed by atoms with Gasteiger partial charge in [0.2, 0.25) is 0 Å². The number of nitro benzene ring substituents is 1. The maximum absolute atomic E-state index is 11.6. The minimum absolute atomic E-state index is 0.00212. The van der Waals surface area contributed by atoms with Crippen LogP contribution in [-0.4, -0.2) is 10.9 Å². The smallest absolute Gasteiger partial charge is 0.331 e. The summed E-state index contributed by atoms with van der Waals surface area (Å²) < 4.78 is 5.05. The topological polar surface area (TPSA) is 69.4 Å². The molecule has 0 radical (unpaired) electrons. The average molecular weight is 318 g/mol. The number of hydrogen-bond donors (Lipinski definition) is 0. The van der Waals surface area contributed by atoms with Crippen LogP contribution < -0.4 is 0 Å². The SMILES string of the molecule is O=C(/C=C/c1ccc(Cl)cc1)OCc1ccc([N+](=O)[O-])cc1. The summed E-state index contributed by atoms with van der Waals surface area (Å²) in [5.74, 6) is -0.492. The van der Waals surface area contributed by atoms with E-state index in [1.807, 2.05) is 0 Å². The Labute approximate surface area is 131 Å². The summed E-state index contributed by atoms with van der Waals surface area (Å²) in [6, 6.07) is 12.8. The first-order chi connectivity index (χ1) is 10.5. The highest BCUT2D eigenvalue weighted by atomic mass is 35.5. The Morgan fingerprint density at radius 2 is 1.77 bits per heavy atom. The van der Waals surface area contributed by atoms with Crippen molar-refractivity contribution in [1.82, 2.24) is 0 Å². The van der Waals surface area contributed by atoms with Crippen molar-refractivity contribution >= 4 is 29.3 Å². The number of rotatable bonds is 5. The van der Waals surface area contributed by atoms with Gasteiger partial charge in [0.1, 0.15) is 6.61 Å². The zero-order valence-electron chi connectivity index (χ0n) is 11.4. The normalized spacial score (nSPS) is 10.6. The molecule has 0 bridgehead atoms. The van der Waals surface area contributed by atoms with E-state index in [9.17, 15) is 14.9 Å². The first kappa shape index (κ1) is 15.7. The molecule has 0 fully saturated rings. The Balaban J connectivity index is 1.87. The lowest BCUT2D eigenvalue weighted by molar-refractivity contribution is -0.384. The Hall–Kier alpha value is -2.66. The fraction of sp³-hybridized carbons (Fsp3) is 0.0625. The largest absolute Gasteiger partial charge is 0.458 e. The van der Waals surface area contributed by atoms with Gasteiger partial charge in [0.25, 0.3) is 5.69 Å². The molecule has 0 saturated heterocycles. The highest BCUT2D eigenvalue weighted by Gasteiger charge is 2.05. The summed E-state index contributed by atoms with van der Waals surface area (Å²) in [5, 5.41) is 11.1. The second kappa shape index (κ2) is 7.38. The van der Waals surface area contributed by atoms with E-state index in [2.05, 4.69) is 0 Å². The monoisotopic (exact) mass is 317 g/mol. The molecule has 5 nitrogen and oxygen atoms in total. The van der Waals surface area contributed by atoms with Gasteiger partial charge in [0, 0.05) is 23.2 Å². The molecule has 2 rings (SSSR count). The number of non-ortho nitro benzene ring substituents is 1. The predicted octanol–water partition coefficient (Wildman–Crippen LogP) is 4.00. The number of nitro groups is 1. The van der Waals surface area contributed by atoms with Crippen molar-refractivity contribution in [3.63, 3.8) is 0 Å². The van der Waals surface area contributed by atoms with Crippen LogP contribution in [0.5, 0.6) is 0 Å². The molecule has 0 spiro atoms. The summed E-state index contributed by atoms with van der Waals surface area (Å²) in [6.07, 6.45) is 2.93. The van der Waals surface area contributed by atoms with Crippen molar-refractivity contribution in [2.45, 2.75) is 6.61 Å². The number of carbonyl (C=O) groups excluding carboxylic acids is 1. The Bertz CT molecular complexity index is 693. The Kier molecular flexibility index (Phi) is 5.27. The molecule has 0 heterocycles. The molecular weight excluding hydrogens is 306 g/mol. The lowest BCUT2D eigenvalue weighted by Crippen LogP contribution is -2.00. The molecule has 2 aromatic rings. The fourth-order valence-electron chi connectivity index (χ4n) is 1.65. The predicted molar refractivity (Wildman–Crippen MR) is 83.4 cm³/mol. The number of esters is 1. The summed E-state index contributed by atoms with van der Waals surface area (Å²) in [6.45, 7) is 0.0573. The van der Waals surface area contributed by atoms with Gasteiger partial charge in [-0.05, 0) is 41.5 Å². The van der Waals surface area contributed by atoms with Crippen LogP contribution in [0.4, 0.5) is 5.69 Å². The van der Waals surface area contributed by atoms with E-state index in [0.29, 0.717) is 10.6 Å². The lowest BCUT2D eigenvalue weighted by atomic mass is 10.2. The number of carbonyl (C=O) groups is 1. The standard InChI is InChI=1S/C16H12ClNO4/c17-14-6-1-12(2-7-14)5-10-16(19)22-11-13-3-8-15(9-4-13)18(20)21/h1-10H,11H2/b10-5+. The average Bonchev–Trinajstić information content (AvgIpc) is 2.52. The number of halogens is 1. The molecule has 0 aliphatic rings. The van der Waals surface area contributed by atoms with Crippen molar-refractivity contribution in [2.75, 3.05) is 0 Å². The van der Waals surface area contributed by atoms with Crippen LogP contribution in [0.2, 0.25) is 5.02 Å². The molecule has 22 heavy (non-hydrogen) atoms. The van der Waals surface area contributed by atoms with Gasteiger partial charge < -0.3 is 4.74 Å². The Morgan fingerprint density at radius 1 is 1.14 bits per heavy atom. The number of benzene rings is 2. The minimum Gasteiger partial charge on any atom is -0.458 e. The van der Waals surface area contributed by atoms with Gasteiger partial charge >= 0.3 is 5.97 Å². The molecule has 0 atom stereocenters. The van der Waals surface area contributed by atoms with E-state index in [1.165, 1.54) is 18.2 Å². The first-order valence-electron chi connectivity index (χ1n) is 6.38. The molecule has 0 aliphatic carbocycles. The van der Waals surface area contributed by atoms with Gasteiger partial charge in [0.15, 0.2) is 0 Å². The van der Waals surface area contributed by atoms with E-state index in [-0.39, 0.29) is 12.3 Å². The molecule has 0 aromatic heterocycles. The van der Waals surface area contributed by atoms with Crippen molar-refractivity contribution in [1.29, 1.82) is 0 Å². The van der Waals surface area contributed by atoms with Gasteiger partial charge in [-0.25, -0.2) is 4.79 Å². The highest BCUT2D eigenvalue weighted by Crippen LogP contribution is 2.13. The summed E-state index contributed by atoms with van der Waals surface area (Å²) in [5.41, 5.74) is 1.51. The van der Waals surface area contributed by atoms with Crippen LogP contribution in [-0.2, 0) is 16.1 Å². The van der Waals surface area contributed by atoms with Crippen LogP contribution in [0.3, 0.4) is 0 Å². The second-order valence-corrected chi connectivity index (χ2v) is 4.85. The van der Waals surface area contributed by atoms with Gasteiger partial charge in [-0.2, -0.15) is 0 Å². The number of ether oxygens (including phenoxy) is 1. The molecule has 0 unspecified atom stereocenters. The van der Waals surface area contributed by atoms with Crippen LogP contribution in [0.25, 0.3) is 6.08 Å². The maximum Gasteiger partial charge on any atom is 0.331 e. The zero-order chi connectivity index (χ0) is 15.9. The van der Waals surface area contributed by atoms with Crippen LogP contribution in [0.1, 0.15) is 11.1 Å². The van der Waals surface area contributed by atoms with E-state index in [4.69, 9.17) is 16.3 Å². The van der Waals surface area contributed by atoms with Crippen molar-refractivity contribution < 1.29 is 14.5 Å². The minimum atomic E-state index is -0.492. The fourth-order valence-corrected chi connectivity index (χ4v) is 1.78.